The molecule has 2 aliphatic rings. The van der Waals surface area contributed by atoms with E-state index in [-0.39, 0.29) is 0 Å². The molecule has 2 saturated carbocycles. The molecule has 3 unspecified atom stereocenters. The third kappa shape index (κ3) is 1.85. The Morgan fingerprint density at radius 2 is 2.15 bits per heavy atom. The summed E-state index contributed by atoms with van der Waals surface area (Å²) in [7, 11) is 0. The second-order valence-corrected chi connectivity index (χ2v) is 6.78. The lowest BCUT2D eigenvalue weighted by Gasteiger charge is -2.22. The Labute approximate surface area is 125 Å². The Bertz CT molecular complexity index is 653. The van der Waals surface area contributed by atoms with Crippen LogP contribution in [0.2, 0.25) is 0 Å². The van der Waals surface area contributed by atoms with Gasteiger partial charge < -0.3 is 5.73 Å². The van der Waals surface area contributed by atoms with Crippen LogP contribution in [-0.4, -0.2) is 20.2 Å². The lowest BCUT2D eigenvalue weighted by atomic mass is 9.95. The minimum absolute atomic E-state index is 0.462. The van der Waals surface area contributed by atoms with Gasteiger partial charge in [0, 0.05) is 15.7 Å². The summed E-state index contributed by atoms with van der Waals surface area (Å²) in [5, 5.41) is 12.4. The average molecular weight is 334 g/mol. The van der Waals surface area contributed by atoms with Gasteiger partial charge in [0.05, 0.1) is 6.04 Å². The monoisotopic (exact) mass is 333 g/mol. The number of hydrogen-bond acceptors (Lipinski definition) is 4. The molecule has 2 N–H and O–H groups in total. The fourth-order valence-electron chi connectivity index (χ4n) is 3.80. The van der Waals surface area contributed by atoms with E-state index in [0.717, 1.165) is 27.7 Å². The number of fused-ring (bicyclic) bond motifs is 2. The van der Waals surface area contributed by atoms with Crippen molar-refractivity contribution in [3.63, 3.8) is 0 Å². The van der Waals surface area contributed by atoms with Gasteiger partial charge in [-0.3, -0.25) is 0 Å². The molecule has 0 amide bonds. The molecule has 2 aromatic rings. The first kappa shape index (κ1) is 12.3. The van der Waals surface area contributed by atoms with Crippen molar-refractivity contribution in [3.8, 4) is 11.4 Å². The van der Waals surface area contributed by atoms with Crippen molar-refractivity contribution in [2.75, 3.05) is 5.73 Å². The highest BCUT2D eigenvalue weighted by Gasteiger charge is 2.42. The molecule has 104 valence electrons. The molecule has 3 atom stereocenters. The summed E-state index contributed by atoms with van der Waals surface area (Å²) in [6, 6.07) is 6.35. The van der Waals surface area contributed by atoms with Crippen molar-refractivity contribution in [2.24, 2.45) is 11.8 Å². The van der Waals surface area contributed by atoms with Crippen molar-refractivity contribution >= 4 is 21.6 Å². The minimum atomic E-state index is 0.462. The van der Waals surface area contributed by atoms with Crippen LogP contribution in [0.3, 0.4) is 0 Å². The number of aromatic nitrogens is 4. The second kappa shape index (κ2) is 4.55. The average Bonchev–Trinajstić information content (AvgIpc) is 3.16. The number of rotatable bonds is 2. The van der Waals surface area contributed by atoms with E-state index < -0.39 is 0 Å². The molecule has 1 aromatic heterocycles. The van der Waals surface area contributed by atoms with Crippen LogP contribution in [0.1, 0.15) is 31.7 Å². The summed E-state index contributed by atoms with van der Waals surface area (Å²) in [6.07, 6.45) is 5.25. The highest BCUT2D eigenvalue weighted by atomic mass is 79.9. The molecule has 0 saturated heterocycles. The van der Waals surface area contributed by atoms with Crippen LogP contribution in [0.25, 0.3) is 11.4 Å². The van der Waals surface area contributed by atoms with Gasteiger partial charge in [-0.15, -0.1) is 5.10 Å². The third-order valence-corrected chi connectivity index (χ3v) is 5.48. The largest absolute Gasteiger partial charge is 0.398 e. The molecule has 1 aromatic carbocycles. The van der Waals surface area contributed by atoms with Crippen molar-refractivity contribution in [2.45, 2.75) is 31.7 Å². The Morgan fingerprint density at radius 1 is 1.25 bits per heavy atom. The normalized spacial score (nSPS) is 28.1. The van der Waals surface area contributed by atoms with Crippen LogP contribution in [-0.2, 0) is 0 Å². The molecule has 4 rings (SSSR count). The number of anilines is 1. The van der Waals surface area contributed by atoms with Crippen LogP contribution in [0.15, 0.2) is 22.7 Å². The molecular formula is C14H16BrN5. The van der Waals surface area contributed by atoms with E-state index >= 15 is 0 Å². The topological polar surface area (TPSA) is 69.6 Å². The lowest BCUT2D eigenvalue weighted by molar-refractivity contribution is 0.304. The fourth-order valence-corrected chi connectivity index (χ4v) is 4.05. The number of nitrogens with two attached hydrogens (primary N) is 1. The van der Waals surface area contributed by atoms with Crippen LogP contribution < -0.4 is 5.73 Å². The Kier molecular flexibility index (Phi) is 2.80. The van der Waals surface area contributed by atoms with Crippen molar-refractivity contribution in [1.82, 2.24) is 20.2 Å². The molecule has 20 heavy (non-hydrogen) atoms. The van der Waals surface area contributed by atoms with Crippen molar-refractivity contribution < 1.29 is 0 Å². The van der Waals surface area contributed by atoms with Gasteiger partial charge in [-0.25, -0.2) is 4.68 Å². The summed E-state index contributed by atoms with van der Waals surface area (Å²) in [4.78, 5) is 0. The Morgan fingerprint density at radius 3 is 2.85 bits per heavy atom. The predicted molar refractivity (Wildman–Crippen MR) is 79.9 cm³/mol. The van der Waals surface area contributed by atoms with Crippen LogP contribution in [0.4, 0.5) is 5.69 Å². The fraction of sp³-hybridized carbons (Fsp3) is 0.500. The predicted octanol–water partition coefficient (Wildman–Crippen LogP) is 3.05. The summed E-state index contributed by atoms with van der Waals surface area (Å²) in [5.74, 6) is 2.45. The van der Waals surface area contributed by atoms with Gasteiger partial charge in [0.15, 0.2) is 5.82 Å². The van der Waals surface area contributed by atoms with E-state index in [1.807, 2.05) is 22.9 Å². The van der Waals surface area contributed by atoms with Gasteiger partial charge in [0.1, 0.15) is 0 Å². The quantitative estimate of drug-likeness (QED) is 0.857. The first-order valence-corrected chi connectivity index (χ1v) is 7.85. The second-order valence-electron chi connectivity index (χ2n) is 5.93. The molecule has 0 spiro atoms. The van der Waals surface area contributed by atoms with Gasteiger partial charge in [-0.05, 0) is 75.7 Å². The molecule has 1 heterocycles. The Balaban J connectivity index is 1.73. The molecule has 5 nitrogen and oxygen atoms in total. The number of nitrogen functional groups attached to an aromatic ring is 1. The van der Waals surface area contributed by atoms with Gasteiger partial charge in [-0.2, -0.15) is 0 Å². The minimum Gasteiger partial charge on any atom is -0.398 e. The van der Waals surface area contributed by atoms with E-state index in [2.05, 4.69) is 31.5 Å². The van der Waals surface area contributed by atoms with Crippen molar-refractivity contribution in [1.29, 1.82) is 0 Å². The van der Waals surface area contributed by atoms with Gasteiger partial charge in [0.2, 0.25) is 0 Å². The highest BCUT2D eigenvalue weighted by Crippen LogP contribution is 2.51. The van der Waals surface area contributed by atoms with E-state index in [1.165, 1.54) is 25.7 Å². The number of halogens is 1. The van der Waals surface area contributed by atoms with Crippen LogP contribution in [0.5, 0.6) is 0 Å². The molecular weight excluding hydrogens is 318 g/mol. The number of hydrogen-bond donors (Lipinski definition) is 1. The zero-order chi connectivity index (χ0) is 13.7. The lowest BCUT2D eigenvalue weighted by Crippen LogP contribution is -2.18. The van der Waals surface area contributed by atoms with E-state index in [4.69, 9.17) is 5.73 Å². The summed E-state index contributed by atoms with van der Waals surface area (Å²) in [5.41, 5.74) is 7.66. The van der Waals surface area contributed by atoms with E-state index in [1.54, 1.807) is 0 Å². The number of benzene rings is 1. The third-order valence-electron chi connectivity index (χ3n) is 4.76. The van der Waals surface area contributed by atoms with Gasteiger partial charge >= 0.3 is 0 Å². The van der Waals surface area contributed by atoms with Crippen LogP contribution in [0, 0.1) is 11.8 Å². The molecule has 2 fully saturated rings. The molecule has 0 radical (unpaired) electrons. The van der Waals surface area contributed by atoms with Gasteiger partial charge in [-0.1, -0.05) is 6.42 Å². The van der Waals surface area contributed by atoms with Gasteiger partial charge in [0.25, 0.3) is 0 Å². The SMILES string of the molecule is Nc1cc(-c2nnnn2C2CC3CCC2C3)ccc1Br. The summed E-state index contributed by atoms with van der Waals surface area (Å²) < 4.78 is 2.92. The molecule has 2 bridgehead atoms. The van der Waals surface area contributed by atoms with Crippen molar-refractivity contribution in [3.05, 3.63) is 22.7 Å². The first-order chi connectivity index (χ1) is 9.72. The van der Waals surface area contributed by atoms with Crippen LogP contribution >= 0.6 is 15.9 Å². The smallest absolute Gasteiger partial charge is 0.182 e. The highest BCUT2D eigenvalue weighted by molar-refractivity contribution is 9.10. The maximum Gasteiger partial charge on any atom is 0.182 e. The number of tetrazole rings is 1. The zero-order valence-corrected chi connectivity index (χ0v) is 12.6. The maximum absolute atomic E-state index is 5.97. The Hall–Kier alpha value is -1.43. The van der Waals surface area contributed by atoms with E-state index in [0.29, 0.717) is 11.7 Å². The van der Waals surface area contributed by atoms with E-state index in [9.17, 15) is 0 Å². The number of nitrogens with zero attached hydrogens (tertiary/aromatic N) is 4. The summed E-state index contributed by atoms with van der Waals surface area (Å²) >= 11 is 3.42. The first-order valence-electron chi connectivity index (χ1n) is 7.05. The zero-order valence-electron chi connectivity index (χ0n) is 11.0. The summed E-state index contributed by atoms with van der Waals surface area (Å²) in [6.45, 7) is 0. The standard InChI is InChI=1S/C14H16BrN5/c15-11-4-3-10(7-12(11)16)14-17-18-19-20(14)13-6-8-1-2-9(13)5-8/h3-4,7-9,13H,1-2,5-6,16H2. The molecule has 2 aliphatic carbocycles. The molecule has 6 heteroatoms. The maximum atomic E-state index is 5.97. The molecule has 0 aliphatic heterocycles.